The Morgan fingerprint density at radius 2 is 1.90 bits per heavy atom. The molecule has 0 spiro atoms. The summed E-state index contributed by atoms with van der Waals surface area (Å²) in [5.74, 6) is 0.979. The van der Waals surface area contributed by atoms with Crippen molar-refractivity contribution in [2.45, 2.75) is 27.2 Å². The predicted octanol–water partition coefficient (Wildman–Crippen LogP) is 2.89. The van der Waals surface area contributed by atoms with E-state index in [1.807, 2.05) is 18.2 Å². The van der Waals surface area contributed by atoms with Gasteiger partial charge < -0.3 is 9.64 Å². The van der Waals surface area contributed by atoms with Gasteiger partial charge in [0.2, 0.25) is 0 Å². The summed E-state index contributed by atoms with van der Waals surface area (Å²) in [6.07, 6.45) is 1.02. The van der Waals surface area contributed by atoms with Gasteiger partial charge in [0.1, 0.15) is 12.4 Å². The van der Waals surface area contributed by atoms with Crippen LogP contribution in [0.3, 0.4) is 0 Å². The second-order valence-corrected chi connectivity index (χ2v) is 5.58. The van der Waals surface area contributed by atoms with E-state index >= 15 is 0 Å². The average Bonchev–Trinajstić information content (AvgIpc) is 2.78. The van der Waals surface area contributed by atoms with Crippen molar-refractivity contribution >= 4 is 0 Å². The van der Waals surface area contributed by atoms with Crippen molar-refractivity contribution in [3.8, 4) is 5.75 Å². The number of hydrogen-bond donors (Lipinski definition) is 1. The number of hydrogen-bond acceptors (Lipinski definition) is 3. The second-order valence-electron chi connectivity index (χ2n) is 5.58. The van der Waals surface area contributed by atoms with E-state index in [0.29, 0.717) is 6.61 Å². The first-order chi connectivity index (χ1) is 10.1. The molecule has 1 heterocycles. The summed E-state index contributed by atoms with van der Waals surface area (Å²) >= 11 is 0. The summed E-state index contributed by atoms with van der Waals surface area (Å²) in [6.45, 7) is 8.85. The molecule has 4 nitrogen and oxygen atoms in total. The van der Waals surface area contributed by atoms with Crippen LogP contribution in [0.2, 0.25) is 0 Å². The zero-order chi connectivity index (χ0) is 15.2. The number of aromatic amines is 1. The molecule has 4 heteroatoms. The highest BCUT2D eigenvalue weighted by Gasteiger charge is 2.07. The highest BCUT2D eigenvalue weighted by Crippen LogP contribution is 2.16. The fourth-order valence-electron chi connectivity index (χ4n) is 2.39. The van der Waals surface area contributed by atoms with Crippen LogP contribution in [-0.4, -0.2) is 41.8 Å². The maximum absolute atomic E-state index is 5.83. The fourth-order valence-corrected chi connectivity index (χ4v) is 2.39. The van der Waals surface area contributed by atoms with Crippen LogP contribution in [0, 0.1) is 20.8 Å². The predicted molar refractivity (Wildman–Crippen MR) is 85.9 cm³/mol. The summed E-state index contributed by atoms with van der Waals surface area (Å²) in [7, 11) is 2.13. The largest absolute Gasteiger partial charge is 0.492 e. The minimum Gasteiger partial charge on any atom is -0.492 e. The Bertz CT molecular complexity index is 558. The maximum Gasteiger partial charge on any atom is 0.122 e. The first-order valence-electron chi connectivity index (χ1n) is 7.45. The first-order valence-corrected chi connectivity index (χ1v) is 7.45. The molecule has 0 saturated carbocycles. The Labute approximate surface area is 127 Å². The number of para-hydroxylation sites is 1. The molecule has 0 aliphatic rings. The molecule has 0 amide bonds. The molecule has 2 rings (SSSR count). The summed E-state index contributed by atoms with van der Waals surface area (Å²) in [6, 6.07) is 8.14. The molecule has 1 aromatic heterocycles. The number of H-pyrrole nitrogens is 1. The number of nitrogens with zero attached hydrogens (tertiary/aromatic N) is 2. The van der Waals surface area contributed by atoms with Crippen molar-refractivity contribution in [3.05, 3.63) is 46.8 Å². The van der Waals surface area contributed by atoms with Crippen LogP contribution in [0.25, 0.3) is 0 Å². The lowest BCUT2D eigenvalue weighted by Gasteiger charge is -2.17. The van der Waals surface area contributed by atoms with Gasteiger partial charge in [0.25, 0.3) is 0 Å². The van der Waals surface area contributed by atoms with Gasteiger partial charge in [0.05, 0.1) is 5.69 Å². The summed E-state index contributed by atoms with van der Waals surface area (Å²) in [5, 5.41) is 7.28. The molecule has 0 radical (unpaired) electrons. The van der Waals surface area contributed by atoms with Crippen LogP contribution in [0.1, 0.15) is 22.5 Å². The number of likely N-dealkylation sites (N-methyl/N-ethyl adjacent to an activating group) is 1. The number of benzene rings is 1. The molecule has 2 aromatic rings. The molecule has 1 aromatic carbocycles. The lowest BCUT2D eigenvalue weighted by atomic mass is 10.1. The average molecular weight is 287 g/mol. The minimum atomic E-state index is 0.713. The molecule has 0 unspecified atom stereocenters. The Balaban J connectivity index is 1.73. The standard InChI is InChI=1S/C17H25N3O/c1-13-7-5-6-8-17(13)21-12-11-20(4)10-9-16-14(2)18-19-15(16)3/h5-8H,9-12H2,1-4H3,(H,18,19). The molecule has 0 aliphatic heterocycles. The molecule has 0 aliphatic carbocycles. The molecular formula is C17H25N3O. The first kappa shape index (κ1) is 15.6. The van der Waals surface area contributed by atoms with Crippen molar-refractivity contribution in [2.24, 2.45) is 0 Å². The van der Waals surface area contributed by atoms with Crippen molar-refractivity contribution in [2.75, 3.05) is 26.7 Å². The van der Waals surface area contributed by atoms with Crippen LogP contribution < -0.4 is 4.74 Å². The van der Waals surface area contributed by atoms with E-state index in [2.05, 4.69) is 49.0 Å². The SMILES string of the molecule is Cc1ccccc1OCCN(C)CCc1c(C)n[nH]c1C. The molecule has 114 valence electrons. The topological polar surface area (TPSA) is 41.1 Å². The van der Waals surface area contributed by atoms with Crippen LogP contribution in [-0.2, 0) is 6.42 Å². The minimum absolute atomic E-state index is 0.713. The van der Waals surface area contributed by atoms with Gasteiger partial charge >= 0.3 is 0 Å². The third-order valence-electron chi connectivity index (χ3n) is 3.85. The van der Waals surface area contributed by atoms with Gasteiger partial charge in [0.15, 0.2) is 0 Å². The van der Waals surface area contributed by atoms with Crippen LogP contribution in [0.5, 0.6) is 5.75 Å². The maximum atomic E-state index is 5.83. The highest BCUT2D eigenvalue weighted by atomic mass is 16.5. The Kier molecular flexibility index (Phi) is 5.39. The number of aromatic nitrogens is 2. The molecule has 0 bridgehead atoms. The summed E-state index contributed by atoms with van der Waals surface area (Å²) < 4.78 is 5.83. The Morgan fingerprint density at radius 1 is 1.14 bits per heavy atom. The monoisotopic (exact) mass is 287 g/mol. The van der Waals surface area contributed by atoms with Crippen LogP contribution in [0.15, 0.2) is 24.3 Å². The zero-order valence-electron chi connectivity index (χ0n) is 13.4. The van der Waals surface area contributed by atoms with Gasteiger partial charge in [-0.2, -0.15) is 5.10 Å². The van der Waals surface area contributed by atoms with E-state index in [-0.39, 0.29) is 0 Å². The lowest BCUT2D eigenvalue weighted by Crippen LogP contribution is -2.26. The van der Waals surface area contributed by atoms with E-state index in [0.717, 1.165) is 31.0 Å². The lowest BCUT2D eigenvalue weighted by molar-refractivity contribution is 0.238. The third-order valence-corrected chi connectivity index (χ3v) is 3.85. The van der Waals surface area contributed by atoms with Crippen molar-refractivity contribution < 1.29 is 4.74 Å². The smallest absolute Gasteiger partial charge is 0.122 e. The van der Waals surface area contributed by atoms with E-state index in [1.54, 1.807) is 0 Å². The van der Waals surface area contributed by atoms with Gasteiger partial charge in [-0.1, -0.05) is 18.2 Å². The molecule has 0 fully saturated rings. The summed E-state index contributed by atoms with van der Waals surface area (Å²) in [5.41, 5.74) is 4.81. The van der Waals surface area contributed by atoms with Gasteiger partial charge in [-0.15, -0.1) is 0 Å². The van der Waals surface area contributed by atoms with Gasteiger partial charge in [-0.3, -0.25) is 5.10 Å². The van der Waals surface area contributed by atoms with Gasteiger partial charge in [-0.25, -0.2) is 0 Å². The van der Waals surface area contributed by atoms with Crippen LogP contribution >= 0.6 is 0 Å². The number of nitrogens with one attached hydrogen (secondary N) is 1. The Morgan fingerprint density at radius 3 is 2.57 bits per heavy atom. The Hall–Kier alpha value is -1.81. The van der Waals surface area contributed by atoms with E-state index in [4.69, 9.17) is 4.74 Å². The molecular weight excluding hydrogens is 262 g/mol. The molecule has 1 N–H and O–H groups in total. The molecule has 0 atom stereocenters. The van der Waals surface area contributed by atoms with Crippen LogP contribution in [0.4, 0.5) is 0 Å². The zero-order valence-corrected chi connectivity index (χ0v) is 13.4. The third kappa shape index (κ3) is 4.33. The van der Waals surface area contributed by atoms with Crippen molar-refractivity contribution in [1.82, 2.24) is 15.1 Å². The molecule has 0 saturated heterocycles. The van der Waals surface area contributed by atoms with Crippen molar-refractivity contribution in [3.63, 3.8) is 0 Å². The quantitative estimate of drug-likeness (QED) is 0.851. The number of rotatable bonds is 7. The number of aryl methyl sites for hydroxylation is 3. The van der Waals surface area contributed by atoms with Gasteiger partial charge in [0, 0.05) is 18.8 Å². The van der Waals surface area contributed by atoms with E-state index in [1.165, 1.54) is 16.8 Å². The second kappa shape index (κ2) is 7.27. The highest BCUT2D eigenvalue weighted by molar-refractivity contribution is 5.31. The van der Waals surface area contributed by atoms with E-state index < -0.39 is 0 Å². The normalized spacial score (nSPS) is 11.1. The van der Waals surface area contributed by atoms with Crippen molar-refractivity contribution in [1.29, 1.82) is 0 Å². The number of ether oxygens (including phenoxy) is 1. The summed E-state index contributed by atoms with van der Waals surface area (Å²) in [4.78, 5) is 2.30. The van der Waals surface area contributed by atoms with E-state index in [9.17, 15) is 0 Å². The fraction of sp³-hybridized carbons (Fsp3) is 0.471. The van der Waals surface area contributed by atoms with Gasteiger partial charge in [-0.05, 0) is 51.4 Å². The molecule has 21 heavy (non-hydrogen) atoms.